The molecule has 1 aliphatic heterocycles. The van der Waals surface area contributed by atoms with Gasteiger partial charge in [0.25, 0.3) is 5.91 Å². The van der Waals surface area contributed by atoms with Gasteiger partial charge in [-0.05, 0) is 74.5 Å². The van der Waals surface area contributed by atoms with Crippen LogP contribution in [0.15, 0.2) is 54.7 Å². The van der Waals surface area contributed by atoms with E-state index in [1.807, 2.05) is 28.9 Å². The Balaban J connectivity index is 1.62. The lowest BCUT2D eigenvalue weighted by Crippen LogP contribution is -2.29. The van der Waals surface area contributed by atoms with Gasteiger partial charge < -0.3 is 20.7 Å². The molecule has 0 aliphatic carbocycles. The summed E-state index contributed by atoms with van der Waals surface area (Å²) in [7, 11) is 1.63. The Hall–Kier alpha value is -3.65. The molecule has 2 aromatic carbocycles. The number of carbonyl (C=O) groups excluding carboxylic acids is 2. The van der Waals surface area contributed by atoms with Crippen LogP contribution in [0.5, 0.6) is 5.75 Å². The van der Waals surface area contributed by atoms with Crippen LogP contribution in [0.4, 0.5) is 11.4 Å². The topological polar surface area (TPSA) is 97.3 Å². The number of ether oxygens (including phenoxy) is 1. The van der Waals surface area contributed by atoms with Gasteiger partial charge in [-0.1, -0.05) is 0 Å². The summed E-state index contributed by atoms with van der Waals surface area (Å²) in [4.78, 5) is 24.4. The molecule has 4 rings (SSSR count). The Morgan fingerprint density at radius 1 is 1.00 bits per heavy atom. The second-order valence-electron chi connectivity index (χ2n) is 7.79. The quantitative estimate of drug-likeness (QED) is 0.552. The maximum absolute atomic E-state index is 13.2. The predicted molar refractivity (Wildman–Crippen MR) is 124 cm³/mol. The molecule has 3 N–H and O–H groups in total. The van der Waals surface area contributed by atoms with E-state index in [0.717, 1.165) is 43.1 Å². The van der Waals surface area contributed by atoms with E-state index < -0.39 is 0 Å². The fraction of sp³-hybridized carbons (Fsp3) is 0.292. The monoisotopic (exact) mass is 433 g/mol. The maximum Gasteiger partial charge on any atom is 0.259 e. The summed E-state index contributed by atoms with van der Waals surface area (Å²) in [6.07, 6.45) is 3.52. The lowest BCUT2D eigenvalue weighted by atomic mass is 9.91. The zero-order chi connectivity index (χ0) is 22.5. The van der Waals surface area contributed by atoms with Gasteiger partial charge >= 0.3 is 0 Å². The lowest BCUT2D eigenvalue weighted by molar-refractivity contribution is -0.114. The minimum Gasteiger partial charge on any atom is -0.497 e. The summed E-state index contributed by atoms with van der Waals surface area (Å²) < 4.78 is 7.13. The SMILES string of the molecule is COc1ccc(-n2ncc(C(=O)Nc3ccc(NC(C)=O)cc3)c2C2CCNCC2)cc1. The second-order valence-corrected chi connectivity index (χ2v) is 7.79. The number of benzene rings is 2. The number of anilines is 2. The highest BCUT2D eigenvalue weighted by molar-refractivity contribution is 6.05. The van der Waals surface area contributed by atoms with Crippen molar-refractivity contribution < 1.29 is 14.3 Å². The molecule has 1 aliphatic rings. The van der Waals surface area contributed by atoms with Crippen LogP contribution in [-0.2, 0) is 4.79 Å². The third-order valence-electron chi connectivity index (χ3n) is 5.56. The number of nitrogens with zero attached hydrogens (tertiary/aromatic N) is 2. The fourth-order valence-electron chi connectivity index (χ4n) is 3.99. The highest BCUT2D eigenvalue weighted by atomic mass is 16.5. The number of amides is 2. The van der Waals surface area contributed by atoms with Gasteiger partial charge in [-0.3, -0.25) is 9.59 Å². The summed E-state index contributed by atoms with van der Waals surface area (Å²) in [5, 5.41) is 13.6. The Morgan fingerprint density at radius 2 is 1.62 bits per heavy atom. The number of hydrogen-bond donors (Lipinski definition) is 3. The van der Waals surface area contributed by atoms with E-state index in [2.05, 4.69) is 21.0 Å². The first-order valence-electron chi connectivity index (χ1n) is 10.7. The maximum atomic E-state index is 13.2. The number of nitrogens with one attached hydrogen (secondary N) is 3. The molecule has 8 nitrogen and oxygen atoms in total. The van der Waals surface area contributed by atoms with Gasteiger partial charge in [0.15, 0.2) is 0 Å². The van der Waals surface area contributed by atoms with E-state index in [4.69, 9.17) is 4.74 Å². The van der Waals surface area contributed by atoms with E-state index in [1.54, 1.807) is 37.6 Å². The van der Waals surface area contributed by atoms with Gasteiger partial charge in [0.2, 0.25) is 5.91 Å². The molecule has 1 fully saturated rings. The van der Waals surface area contributed by atoms with Crippen molar-refractivity contribution in [3.8, 4) is 11.4 Å². The minimum atomic E-state index is -0.203. The fourth-order valence-corrected chi connectivity index (χ4v) is 3.99. The molecule has 1 saturated heterocycles. The van der Waals surface area contributed by atoms with Crippen LogP contribution in [0.3, 0.4) is 0 Å². The zero-order valence-corrected chi connectivity index (χ0v) is 18.2. The Kier molecular flexibility index (Phi) is 6.51. The van der Waals surface area contributed by atoms with Crippen molar-refractivity contribution in [3.05, 3.63) is 66.0 Å². The molecular formula is C24H27N5O3. The van der Waals surface area contributed by atoms with Gasteiger partial charge in [0.1, 0.15) is 5.75 Å². The molecular weight excluding hydrogens is 406 g/mol. The van der Waals surface area contributed by atoms with Crippen molar-refractivity contribution in [1.82, 2.24) is 15.1 Å². The van der Waals surface area contributed by atoms with Gasteiger partial charge in [-0.25, -0.2) is 4.68 Å². The molecule has 8 heteroatoms. The summed E-state index contributed by atoms with van der Waals surface area (Å²) in [6.45, 7) is 3.27. The molecule has 0 atom stereocenters. The third-order valence-corrected chi connectivity index (χ3v) is 5.56. The molecule has 0 spiro atoms. The van der Waals surface area contributed by atoms with Crippen molar-refractivity contribution in [2.24, 2.45) is 0 Å². The molecule has 0 saturated carbocycles. The molecule has 2 heterocycles. The molecule has 166 valence electrons. The van der Waals surface area contributed by atoms with Crippen LogP contribution in [0, 0.1) is 0 Å². The highest BCUT2D eigenvalue weighted by Gasteiger charge is 2.27. The molecule has 0 unspecified atom stereocenters. The van der Waals surface area contributed by atoms with Gasteiger partial charge in [-0.2, -0.15) is 5.10 Å². The van der Waals surface area contributed by atoms with E-state index in [9.17, 15) is 9.59 Å². The standard InChI is InChI=1S/C24H27N5O3/c1-16(30)27-18-3-5-19(6-4-18)28-24(31)22-15-26-29(20-7-9-21(32-2)10-8-20)23(22)17-11-13-25-14-12-17/h3-10,15,17,25H,11-14H2,1-2H3,(H,27,30)(H,28,31). The van der Waals surface area contributed by atoms with Crippen LogP contribution in [0.25, 0.3) is 5.69 Å². The Bertz CT molecular complexity index is 1080. The Morgan fingerprint density at radius 3 is 2.22 bits per heavy atom. The van der Waals surface area contributed by atoms with Crippen LogP contribution in [-0.4, -0.2) is 41.8 Å². The highest BCUT2D eigenvalue weighted by Crippen LogP contribution is 2.31. The van der Waals surface area contributed by atoms with Crippen LogP contribution in [0.2, 0.25) is 0 Å². The first-order chi connectivity index (χ1) is 15.5. The second kappa shape index (κ2) is 9.65. The number of carbonyl (C=O) groups is 2. The average Bonchev–Trinajstić information content (AvgIpc) is 3.26. The molecule has 3 aromatic rings. The summed E-state index contributed by atoms with van der Waals surface area (Å²) in [6, 6.07) is 14.7. The largest absolute Gasteiger partial charge is 0.497 e. The minimum absolute atomic E-state index is 0.139. The molecule has 32 heavy (non-hydrogen) atoms. The van der Waals surface area contributed by atoms with Crippen molar-refractivity contribution in [2.75, 3.05) is 30.8 Å². The van der Waals surface area contributed by atoms with Crippen LogP contribution < -0.4 is 20.7 Å². The molecule has 0 bridgehead atoms. The normalized spacial score (nSPS) is 14.1. The van der Waals surface area contributed by atoms with Gasteiger partial charge in [0.05, 0.1) is 30.3 Å². The van der Waals surface area contributed by atoms with E-state index in [1.165, 1.54) is 6.92 Å². The lowest BCUT2D eigenvalue weighted by Gasteiger charge is -2.24. The summed E-state index contributed by atoms with van der Waals surface area (Å²) in [5.74, 6) is 0.652. The van der Waals surface area contributed by atoms with Crippen molar-refractivity contribution in [1.29, 1.82) is 0 Å². The summed E-state index contributed by atoms with van der Waals surface area (Å²) >= 11 is 0. The van der Waals surface area contributed by atoms with Gasteiger partial charge in [-0.15, -0.1) is 0 Å². The van der Waals surface area contributed by atoms with E-state index >= 15 is 0 Å². The van der Waals surface area contributed by atoms with E-state index in [0.29, 0.717) is 16.9 Å². The van der Waals surface area contributed by atoms with Crippen molar-refractivity contribution in [3.63, 3.8) is 0 Å². The molecule has 0 radical (unpaired) electrons. The Labute approximate surface area is 187 Å². The predicted octanol–water partition coefficient (Wildman–Crippen LogP) is 3.56. The smallest absolute Gasteiger partial charge is 0.259 e. The van der Waals surface area contributed by atoms with E-state index in [-0.39, 0.29) is 17.7 Å². The average molecular weight is 434 g/mol. The number of aromatic nitrogens is 2. The number of rotatable bonds is 6. The first kappa shape index (κ1) is 21.6. The van der Waals surface area contributed by atoms with Crippen LogP contribution >= 0.6 is 0 Å². The van der Waals surface area contributed by atoms with Crippen molar-refractivity contribution >= 4 is 23.2 Å². The number of piperidine rings is 1. The van der Waals surface area contributed by atoms with Gasteiger partial charge in [0, 0.05) is 24.2 Å². The summed E-state index contributed by atoms with van der Waals surface area (Å²) in [5.41, 5.74) is 3.71. The van der Waals surface area contributed by atoms with Crippen LogP contribution in [0.1, 0.15) is 41.7 Å². The number of hydrogen-bond acceptors (Lipinski definition) is 5. The zero-order valence-electron chi connectivity index (χ0n) is 18.2. The van der Waals surface area contributed by atoms with Crippen molar-refractivity contribution in [2.45, 2.75) is 25.7 Å². The number of methoxy groups -OCH3 is 1. The third kappa shape index (κ3) is 4.81. The molecule has 2 amide bonds. The first-order valence-corrected chi connectivity index (χ1v) is 10.7. The molecule has 1 aromatic heterocycles.